The Morgan fingerprint density at radius 1 is 0.378 bits per heavy atom. The van der Waals surface area contributed by atoms with Crippen molar-refractivity contribution >= 4 is 72.5 Å². The van der Waals surface area contributed by atoms with Crippen LogP contribution in [0.25, 0.3) is 33.8 Å². The van der Waals surface area contributed by atoms with E-state index in [-0.39, 0.29) is 36.8 Å². The second kappa shape index (κ2) is 22.2. The van der Waals surface area contributed by atoms with Crippen molar-refractivity contribution < 1.29 is 62.4 Å². The largest absolute Gasteiger partial charge is 3.00 e. The molecule has 4 aromatic carbocycles. The van der Waals surface area contributed by atoms with E-state index >= 15 is 0 Å². The van der Waals surface area contributed by atoms with Gasteiger partial charge in [0.2, 0.25) is 0 Å². The third-order valence-corrected chi connectivity index (χ3v) is 16.9. The summed E-state index contributed by atoms with van der Waals surface area (Å²) in [7, 11) is 3.15. The fourth-order valence-corrected chi connectivity index (χ4v) is 9.44. The molecule has 3 amide bonds. The van der Waals surface area contributed by atoms with Gasteiger partial charge in [0.25, 0.3) is 17.7 Å². The van der Waals surface area contributed by atoms with Gasteiger partial charge in [-0.3, -0.25) is 14.4 Å². The predicted octanol–water partition coefficient (Wildman–Crippen LogP) is 9.00. The molecule has 3 aliphatic rings. The summed E-state index contributed by atoms with van der Waals surface area (Å²) in [5.41, 5.74) is 5.16. The minimum absolute atomic E-state index is 0. The van der Waals surface area contributed by atoms with Crippen LogP contribution in [0.4, 0.5) is 17.1 Å². The number of rotatable bonds is 12. The van der Waals surface area contributed by atoms with Crippen molar-refractivity contribution in [3.8, 4) is 33.8 Å². The van der Waals surface area contributed by atoms with Crippen molar-refractivity contribution in [3.63, 3.8) is 0 Å². The first-order valence-electron chi connectivity index (χ1n) is 27.0. The molecule has 3 aromatic heterocycles. The number of nitrogens with zero attached hydrogens (tertiary/aromatic N) is 6. The standard InChI is InChI=1S/C63H66B3N6O9.Ir/c1-58(2)59(3,4)77-64(76-58)46-22-16-19-40(34-46)52-28-25-49(37-67-52)70(13)55(73)43-31-44(56(74)71(14)50-26-29-53(68-38-50)41-20-17-23-47(35-41)65-78-60(5,6)61(7,8)79-65)33-45(32-43)57(75)72(15)51-27-30-54(69-39-51)42-21-18-24-48(36-42)66-80-62(9,10)63(11,12)81-66;/h16-18,22-39H,1-15H3;/q-3;+3. The minimum atomic E-state index is -0.566. The van der Waals surface area contributed by atoms with Crippen LogP contribution >= 0.6 is 0 Å². The van der Waals surface area contributed by atoms with Gasteiger partial charge in [-0.25, -0.2) is 0 Å². The van der Waals surface area contributed by atoms with E-state index in [1.807, 2.05) is 138 Å². The van der Waals surface area contributed by atoms with Gasteiger partial charge in [-0.2, -0.15) is 0 Å². The SMILES string of the molecule is CN(C(=O)c1cc(C(=O)N(C)c2ccc(-c3[c-]ccc(B4OC(C)(C)C(C)(C)O4)c3)nc2)cc(C(=O)N(C)c2ccc(-c3[c-]ccc(B4OC(C)(C)C(C)(C)O4)c3)nc2)c1)c1ccc(-c2[c-]ccc(B3OC(C)(C)C(C)(C)O3)c2)nc1.[Ir+3]. The molecule has 82 heavy (non-hydrogen) atoms. The fraction of sp³-hybridized carbons (Fsp3) is 0.333. The van der Waals surface area contributed by atoms with Gasteiger partial charge in [-0.1, -0.05) is 18.2 Å². The molecule has 420 valence electrons. The Morgan fingerprint density at radius 2 is 0.610 bits per heavy atom. The molecule has 3 saturated heterocycles. The molecule has 15 nitrogen and oxygen atoms in total. The van der Waals surface area contributed by atoms with Gasteiger partial charge in [0, 0.05) is 56.4 Å². The Balaban J connectivity index is 0.00000810. The maximum Gasteiger partial charge on any atom is 3.00 e. The number of hydrogen-bond donors (Lipinski definition) is 0. The molecular weight excluding hydrogens is 1210 g/mol. The average molecular weight is 1280 g/mol. The van der Waals surface area contributed by atoms with Crippen molar-refractivity contribution in [1.29, 1.82) is 0 Å². The Labute approximate surface area is 496 Å². The Bertz CT molecular complexity index is 3130. The third kappa shape index (κ3) is 11.5. The number of aromatic nitrogens is 3. The van der Waals surface area contributed by atoms with Crippen molar-refractivity contribution in [1.82, 2.24) is 15.0 Å². The first kappa shape index (κ1) is 60.0. The maximum absolute atomic E-state index is 14.7. The normalized spacial score (nSPS) is 18.0. The molecular formula is C63H66B3IrN6O9. The van der Waals surface area contributed by atoms with Gasteiger partial charge in [0.1, 0.15) is 0 Å². The van der Waals surface area contributed by atoms with Crippen LogP contribution in [-0.2, 0) is 48.0 Å². The summed E-state index contributed by atoms with van der Waals surface area (Å²) in [4.78, 5) is 62.5. The maximum atomic E-state index is 14.7. The number of amides is 3. The monoisotopic (exact) mass is 1280 g/mol. The van der Waals surface area contributed by atoms with Crippen LogP contribution in [-0.4, -0.2) is 109 Å². The van der Waals surface area contributed by atoms with Crippen LogP contribution in [0, 0.1) is 18.2 Å². The third-order valence-electron chi connectivity index (χ3n) is 16.9. The van der Waals surface area contributed by atoms with Crippen molar-refractivity contribution in [3.05, 3.63) is 163 Å². The van der Waals surface area contributed by atoms with Gasteiger partial charge in [0.15, 0.2) is 0 Å². The number of carbonyl (C=O) groups excluding carboxylic acids is 3. The van der Waals surface area contributed by atoms with Crippen molar-refractivity contribution in [2.75, 3.05) is 35.8 Å². The van der Waals surface area contributed by atoms with Crippen LogP contribution in [0.5, 0.6) is 0 Å². The van der Waals surface area contributed by atoms with E-state index < -0.39 is 72.7 Å². The number of carbonyl (C=O) groups is 3. The van der Waals surface area contributed by atoms with Gasteiger partial charge in [0.05, 0.1) is 50.7 Å². The Kier molecular flexibility index (Phi) is 16.2. The molecule has 3 fully saturated rings. The van der Waals surface area contributed by atoms with Gasteiger partial charge >= 0.3 is 41.5 Å². The first-order chi connectivity index (χ1) is 38.0. The number of hydrogen-bond acceptors (Lipinski definition) is 12. The molecule has 3 aliphatic heterocycles. The molecule has 0 aliphatic carbocycles. The zero-order valence-corrected chi connectivity index (χ0v) is 51.4. The van der Waals surface area contributed by atoms with E-state index in [0.29, 0.717) is 34.1 Å². The Hall–Kier alpha value is -6.66. The number of pyridine rings is 3. The van der Waals surface area contributed by atoms with Crippen LogP contribution in [0.1, 0.15) is 114 Å². The molecule has 0 atom stereocenters. The second-order valence-corrected chi connectivity index (χ2v) is 24.0. The summed E-state index contributed by atoms with van der Waals surface area (Å²) >= 11 is 0. The summed E-state index contributed by atoms with van der Waals surface area (Å²) in [6.07, 6.45) is 4.78. The molecule has 0 unspecified atom stereocenters. The second-order valence-electron chi connectivity index (χ2n) is 24.0. The summed E-state index contributed by atoms with van der Waals surface area (Å²) < 4.78 is 37.8. The molecule has 0 radical (unpaired) electrons. The summed E-state index contributed by atoms with van der Waals surface area (Å²) in [5, 5.41) is 0. The summed E-state index contributed by atoms with van der Waals surface area (Å²) in [6.45, 7) is 24.1. The van der Waals surface area contributed by atoms with E-state index in [2.05, 4.69) is 18.2 Å². The van der Waals surface area contributed by atoms with E-state index in [9.17, 15) is 14.4 Å². The summed E-state index contributed by atoms with van der Waals surface area (Å²) in [5.74, 6) is -1.45. The molecule has 0 N–H and O–H groups in total. The first-order valence-corrected chi connectivity index (χ1v) is 27.0. The molecule has 0 saturated carbocycles. The predicted molar refractivity (Wildman–Crippen MR) is 317 cm³/mol. The van der Waals surface area contributed by atoms with E-state index in [1.165, 1.54) is 32.9 Å². The molecule has 10 rings (SSSR count). The molecule has 0 spiro atoms. The van der Waals surface area contributed by atoms with Crippen LogP contribution in [0.15, 0.2) is 128 Å². The van der Waals surface area contributed by atoms with Crippen LogP contribution < -0.4 is 31.1 Å². The van der Waals surface area contributed by atoms with Gasteiger partial charge in [-0.05, 0) is 137 Å². The topological polar surface area (TPSA) is 155 Å². The zero-order chi connectivity index (χ0) is 58.2. The van der Waals surface area contributed by atoms with E-state index in [0.717, 1.165) is 33.1 Å². The summed E-state index contributed by atoms with van der Waals surface area (Å²) in [6, 6.07) is 42.0. The quantitative estimate of drug-likeness (QED) is 0.0847. The zero-order valence-electron chi connectivity index (χ0n) is 49.0. The smallest absolute Gasteiger partial charge is 0.400 e. The van der Waals surface area contributed by atoms with Crippen molar-refractivity contribution in [2.24, 2.45) is 0 Å². The van der Waals surface area contributed by atoms with E-state index in [1.54, 1.807) is 76.1 Å². The van der Waals surface area contributed by atoms with Crippen LogP contribution in [0.3, 0.4) is 0 Å². The molecule has 7 aromatic rings. The number of anilines is 3. The van der Waals surface area contributed by atoms with Crippen LogP contribution in [0.2, 0.25) is 0 Å². The fourth-order valence-electron chi connectivity index (χ4n) is 9.44. The van der Waals surface area contributed by atoms with E-state index in [4.69, 9.17) is 42.9 Å². The minimum Gasteiger partial charge on any atom is -0.400 e. The Morgan fingerprint density at radius 3 is 0.817 bits per heavy atom. The molecule has 6 heterocycles. The average Bonchev–Trinajstić information content (AvgIpc) is 4.18. The molecule has 0 bridgehead atoms. The molecule has 19 heteroatoms. The van der Waals surface area contributed by atoms with Crippen molar-refractivity contribution in [2.45, 2.75) is 117 Å². The van der Waals surface area contributed by atoms with Gasteiger partial charge < -0.3 is 57.6 Å². The number of benzene rings is 4. The van der Waals surface area contributed by atoms with Gasteiger partial charge in [-0.15, -0.1) is 106 Å².